The van der Waals surface area contributed by atoms with Crippen molar-refractivity contribution in [3.05, 3.63) is 33.8 Å². The maximum Gasteiger partial charge on any atom is 0.0424 e. The maximum atomic E-state index is 6.00. The fourth-order valence-electron chi connectivity index (χ4n) is 2.50. The molecule has 1 saturated heterocycles. The van der Waals surface area contributed by atoms with Crippen molar-refractivity contribution in [2.45, 2.75) is 38.8 Å². The predicted octanol–water partition coefficient (Wildman–Crippen LogP) is 4.37. The topological polar surface area (TPSA) is 3.24 Å². The van der Waals surface area contributed by atoms with Gasteiger partial charge in [0, 0.05) is 22.6 Å². The zero-order valence-corrected chi connectivity index (χ0v) is 11.1. The average Bonchev–Trinajstić information content (AvgIpc) is 2.63. The van der Waals surface area contributed by atoms with E-state index in [2.05, 4.69) is 11.8 Å². The fraction of sp³-hybridized carbons (Fsp3) is 0.538. The van der Waals surface area contributed by atoms with Crippen molar-refractivity contribution in [3.63, 3.8) is 0 Å². The van der Waals surface area contributed by atoms with E-state index in [-0.39, 0.29) is 0 Å². The van der Waals surface area contributed by atoms with Crippen LogP contribution in [0.1, 0.15) is 31.7 Å². The molecule has 1 nitrogen and oxygen atoms in total. The molecule has 1 aromatic rings. The monoisotopic (exact) mass is 257 g/mol. The highest BCUT2D eigenvalue weighted by Crippen LogP contribution is 2.25. The lowest BCUT2D eigenvalue weighted by Crippen LogP contribution is -2.28. The van der Waals surface area contributed by atoms with Gasteiger partial charge in [-0.2, -0.15) is 0 Å². The van der Waals surface area contributed by atoms with Crippen molar-refractivity contribution in [3.8, 4) is 0 Å². The Labute approximate surface area is 107 Å². The molecule has 1 atom stereocenters. The number of halogens is 2. The Morgan fingerprint density at radius 1 is 1.25 bits per heavy atom. The van der Waals surface area contributed by atoms with Gasteiger partial charge in [0.1, 0.15) is 0 Å². The van der Waals surface area contributed by atoms with E-state index in [9.17, 15) is 0 Å². The minimum atomic E-state index is 0.731. The number of nitrogens with zero attached hydrogens (tertiary/aromatic N) is 1. The van der Waals surface area contributed by atoms with E-state index in [4.69, 9.17) is 23.2 Å². The summed E-state index contributed by atoms with van der Waals surface area (Å²) in [5.74, 6) is 0. The molecule has 3 heteroatoms. The van der Waals surface area contributed by atoms with Gasteiger partial charge < -0.3 is 0 Å². The van der Waals surface area contributed by atoms with Crippen LogP contribution in [-0.2, 0) is 6.54 Å². The van der Waals surface area contributed by atoms with Crippen LogP contribution in [0, 0.1) is 0 Å². The molecule has 0 N–H and O–H groups in total. The Balaban J connectivity index is 2.08. The van der Waals surface area contributed by atoms with Crippen molar-refractivity contribution >= 4 is 23.2 Å². The summed E-state index contributed by atoms with van der Waals surface area (Å²) in [7, 11) is 0. The molecule has 2 rings (SSSR count). The largest absolute Gasteiger partial charge is 0.296 e. The second kappa shape index (κ2) is 5.39. The van der Waals surface area contributed by atoms with E-state index < -0.39 is 0 Å². The van der Waals surface area contributed by atoms with Crippen LogP contribution in [0.5, 0.6) is 0 Å². The molecule has 0 spiro atoms. The van der Waals surface area contributed by atoms with Crippen molar-refractivity contribution in [1.82, 2.24) is 4.90 Å². The molecule has 1 aliphatic rings. The van der Waals surface area contributed by atoms with Crippen molar-refractivity contribution in [1.29, 1.82) is 0 Å². The number of hydrogen-bond donors (Lipinski definition) is 0. The first-order valence-electron chi connectivity index (χ1n) is 5.88. The van der Waals surface area contributed by atoms with Gasteiger partial charge in [0.15, 0.2) is 0 Å². The van der Waals surface area contributed by atoms with Crippen molar-refractivity contribution < 1.29 is 0 Å². The maximum absolute atomic E-state index is 6.00. The van der Waals surface area contributed by atoms with Gasteiger partial charge in [0.05, 0.1) is 0 Å². The first kappa shape index (κ1) is 12.2. The van der Waals surface area contributed by atoms with Crippen LogP contribution < -0.4 is 0 Å². The molecule has 88 valence electrons. The fourth-order valence-corrected chi connectivity index (χ4v) is 3.07. The summed E-state index contributed by atoms with van der Waals surface area (Å²) < 4.78 is 0. The van der Waals surface area contributed by atoms with Gasteiger partial charge >= 0.3 is 0 Å². The second-order valence-electron chi connectivity index (χ2n) is 4.45. The van der Waals surface area contributed by atoms with Crippen LogP contribution in [0.2, 0.25) is 10.0 Å². The molecule has 1 aromatic carbocycles. The summed E-state index contributed by atoms with van der Waals surface area (Å²) in [4.78, 5) is 2.53. The Morgan fingerprint density at radius 2 is 1.94 bits per heavy atom. The van der Waals surface area contributed by atoms with Gasteiger partial charge in [-0.25, -0.2) is 0 Å². The summed E-state index contributed by atoms with van der Waals surface area (Å²) in [6.07, 6.45) is 3.87. The smallest absolute Gasteiger partial charge is 0.0424 e. The highest BCUT2D eigenvalue weighted by Gasteiger charge is 2.22. The minimum absolute atomic E-state index is 0.731. The van der Waals surface area contributed by atoms with Crippen LogP contribution in [0.4, 0.5) is 0 Å². The molecule has 0 saturated carbocycles. The third-order valence-electron chi connectivity index (χ3n) is 3.28. The normalized spacial score (nSPS) is 21.6. The molecular weight excluding hydrogens is 241 g/mol. The van der Waals surface area contributed by atoms with E-state index in [0.29, 0.717) is 0 Å². The Kier molecular flexibility index (Phi) is 4.12. The van der Waals surface area contributed by atoms with Gasteiger partial charge in [0.25, 0.3) is 0 Å². The third-order valence-corrected chi connectivity index (χ3v) is 3.71. The van der Waals surface area contributed by atoms with Crippen LogP contribution in [-0.4, -0.2) is 17.5 Å². The van der Waals surface area contributed by atoms with Crippen LogP contribution >= 0.6 is 23.2 Å². The summed E-state index contributed by atoms with van der Waals surface area (Å²) in [5.41, 5.74) is 1.22. The summed E-state index contributed by atoms with van der Waals surface area (Å²) in [6, 6.07) is 6.54. The SMILES string of the molecule is CCC1CCCN1Cc1cc(Cl)cc(Cl)c1. The van der Waals surface area contributed by atoms with E-state index in [0.717, 1.165) is 22.6 Å². The molecule has 0 radical (unpaired) electrons. The number of hydrogen-bond acceptors (Lipinski definition) is 1. The molecule has 1 heterocycles. The Morgan fingerprint density at radius 3 is 2.56 bits per heavy atom. The summed E-state index contributed by atoms with van der Waals surface area (Å²) >= 11 is 12.0. The van der Waals surface area contributed by atoms with Crippen LogP contribution in [0.15, 0.2) is 18.2 Å². The van der Waals surface area contributed by atoms with Crippen molar-refractivity contribution in [2.24, 2.45) is 0 Å². The van der Waals surface area contributed by atoms with Gasteiger partial charge in [-0.05, 0) is 49.6 Å². The second-order valence-corrected chi connectivity index (χ2v) is 5.33. The first-order chi connectivity index (χ1) is 7.69. The standard InChI is InChI=1S/C13H17Cl2N/c1-2-13-4-3-5-16(13)9-10-6-11(14)8-12(15)7-10/h6-8,13H,2-5,9H2,1H3. The quantitative estimate of drug-likeness (QED) is 0.778. The zero-order valence-electron chi connectivity index (χ0n) is 9.55. The Bertz CT molecular complexity index is 345. The predicted molar refractivity (Wildman–Crippen MR) is 70.2 cm³/mol. The van der Waals surface area contributed by atoms with E-state index >= 15 is 0 Å². The highest BCUT2D eigenvalue weighted by atomic mass is 35.5. The molecule has 16 heavy (non-hydrogen) atoms. The minimum Gasteiger partial charge on any atom is -0.296 e. The number of benzene rings is 1. The highest BCUT2D eigenvalue weighted by molar-refractivity contribution is 6.34. The first-order valence-corrected chi connectivity index (χ1v) is 6.63. The van der Waals surface area contributed by atoms with Gasteiger partial charge in [0.2, 0.25) is 0 Å². The number of rotatable bonds is 3. The van der Waals surface area contributed by atoms with Gasteiger partial charge in [-0.15, -0.1) is 0 Å². The lowest BCUT2D eigenvalue weighted by atomic mass is 10.1. The van der Waals surface area contributed by atoms with Crippen LogP contribution in [0.3, 0.4) is 0 Å². The third kappa shape index (κ3) is 2.91. The zero-order chi connectivity index (χ0) is 11.5. The molecule has 1 fully saturated rings. The average molecular weight is 258 g/mol. The van der Waals surface area contributed by atoms with Gasteiger partial charge in [-0.1, -0.05) is 30.1 Å². The van der Waals surface area contributed by atoms with Crippen molar-refractivity contribution in [2.75, 3.05) is 6.54 Å². The molecule has 0 amide bonds. The molecule has 0 aromatic heterocycles. The lowest BCUT2D eigenvalue weighted by Gasteiger charge is -2.23. The van der Waals surface area contributed by atoms with E-state index in [1.165, 1.54) is 31.4 Å². The molecular formula is C13H17Cl2N. The van der Waals surface area contributed by atoms with Gasteiger partial charge in [-0.3, -0.25) is 4.90 Å². The van der Waals surface area contributed by atoms with Crippen LogP contribution in [0.25, 0.3) is 0 Å². The lowest BCUT2D eigenvalue weighted by molar-refractivity contribution is 0.240. The number of likely N-dealkylation sites (tertiary alicyclic amines) is 1. The molecule has 0 bridgehead atoms. The Hall–Kier alpha value is -0.240. The molecule has 1 unspecified atom stereocenters. The summed E-state index contributed by atoms with van der Waals surface area (Å²) in [5, 5.41) is 1.46. The van der Waals surface area contributed by atoms with E-state index in [1.54, 1.807) is 6.07 Å². The molecule has 0 aliphatic carbocycles. The molecule has 1 aliphatic heterocycles. The van der Waals surface area contributed by atoms with E-state index in [1.807, 2.05) is 12.1 Å². The summed E-state index contributed by atoms with van der Waals surface area (Å²) in [6.45, 7) is 4.43.